The van der Waals surface area contributed by atoms with Crippen molar-refractivity contribution in [1.82, 2.24) is 0 Å². The number of nitrogens with zero attached hydrogens (tertiary/aromatic N) is 2. The van der Waals surface area contributed by atoms with E-state index in [0.29, 0.717) is 0 Å². The van der Waals surface area contributed by atoms with Crippen molar-refractivity contribution in [1.29, 1.82) is 0 Å². The summed E-state index contributed by atoms with van der Waals surface area (Å²) in [6.45, 7) is 0. The predicted octanol–water partition coefficient (Wildman–Crippen LogP) is 4.41. The predicted molar refractivity (Wildman–Crippen MR) is 88.4 cm³/mol. The van der Waals surface area contributed by atoms with E-state index in [1.807, 2.05) is 0 Å². The van der Waals surface area contributed by atoms with Gasteiger partial charge < -0.3 is 0 Å². The molecule has 116 valence electrons. The van der Waals surface area contributed by atoms with Crippen molar-refractivity contribution in [3.05, 3.63) is 0 Å². The maximum Gasteiger partial charge on any atom is 0.237 e. The average molecular weight is 420 g/mol. The summed E-state index contributed by atoms with van der Waals surface area (Å²) in [5.74, 6) is 0.0895. The summed E-state index contributed by atoms with van der Waals surface area (Å²) in [5, 5.41) is 0. The molecular weight excluding hydrogens is 400 g/mol. The third-order valence-corrected chi connectivity index (χ3v) is 8.35. The molecule has 0 saturated heterocycles. The molecule has 6 heteroatoms. The molecule has 0 bridgehead atoms. The van der Waals surface area contributed by atoms with Gasteiger partial charge in [0.2, 0.25) is 12.2 Å². The van der Waals surface area contributed by atoms with Gasteiger partial charge in [0.25, 0.3) is 0 Å². The molecule has 2 unspecified atom stereocenters. The van der Waals surface area contributed by atoms with Crippen LogP contribution >= 0.6 is 31.9 Å². The minimum absolute atomic E-state index is 0.0895. The molecular formula is C15H20Br2N2O2. The van der Waals surface area contributed by atoms with Gasteiger partial charge in [-0.3, -0.25) is 0 Å². The first-order valence-corrected chi connectivity index (χ1v) is 9.32. The van der Waals surface area contributed by atoms with Crippen LogP contribution in [0, 0.1) is 5.92 Å². The molecule has 0 amide bonds. The zero-order chi connectivity index (χ0) is 15.3. The van der Waals surface area contributed by atoms with Crippen LogP contribution < -0.4 is 0 Å². The summed E-state index contributed by atoms with van der Waals surface area (Å²) in [7, 11) is 0. The summed E-state index contributed by atoms with van der Waals surface area (Å²) >= 11 is 7.56. The van der Waals surface area contributed by atoms with Gasteiger partial charge >= 0.3 is 0 Å². The average Bonchev–Trinajstić information content (AvgIpc) is 2.51. The molecule has 0 N–H and O–H groups in total. The molecule has 2 atom stereocenters. The monoisotopic (exact) mass is 418 g/mol. The molecule has 4 nitrogen and oxygen atoms in total. The van der Waals surface area contributed by atoms with Gasteiger partial charge in [-0.15, -0.1) is 0 Å². The Labute approximate surface area is 142 Å². The lowest BCUT2D eigenvalue weighted by atomic mass is 9.69. The molecule has 21 heavy (non-hydrogen) atoms. The summed E-state index contributed by atoms with van der Waals surface area (Å²) < 4.78 is -0.519. The number of isocyanates is 2. The van der Waals surface area contributed by atoms with E-state index in [9.17, 15) is 9.59 Å². The number of rotatable bonds is 4. The van der Waals surface area contributed by atoms with Crippen molar-refractivity contribution in [2.24, 2.45) is 15.9 Å². The molecule has 2 saturated carbocycles. The van der Waals surface area contributed by atoms with Crippen molar-refractivity contribution < 1.29 is 9.59 Å². The van der Waals surface area contributed by atoms with Crippen molar-refractivity contribution in [3.63, 3.8) is 0 Å². The fourth-order valence-corrected chi connectivity index (χ4v) is 5.78. The van der Waals surface area contributed by atoms with Crippen LogP contribution in [0.1, 0.15) is 57.8 Å². The zero-order valence-corrected chi connectivity index (χ0v) is 15.2. The Morgan fingerprint density at radius 3 is 2.05 bits per heavy atom. The molecule has 2 rings (SSSR count). The standard InChI is InChI=1S/C15H20Br2N2O2/c16-13-8-4-5-9-14(13,17)15(18-10-20,19-11-21)12-6-2-1-3-7-12/h12-13H,1-9H2. The van der Waals surface area contributed by atoms with Crippen LogP contribution in [0.15, 0.2) is 9.98 Å². The van der Waals surface area contributed by atoms with Gasteiger partial charge in [-0.25, -0.2) is 9.59 Å². The highest BCUT2D eigenvalue weighted by molar-refractivity contribution is 9.12. The second kappa shape index (κ2) is 7.32. The maximum absolute atomic E-state index is 11.1. The van der Waals surface area contributed by atoms with Gasteiger partial charge in [-0.2, -0.15) is 9.98 Å². The highest BCUT2D eigenvalue weighted by atomic mass is 79.9. The quantitative estimate of drug-likeness (QED) is 0.385. The third kappa shape index (κ3) is 3.10. The Hall–Kier alpha value is -0.280. The first-order chi connectivity index (χ1) is 10.1. The van der Waals surface area contributed by atoms with E-state index in [-0.39, 0.29) is 10.7 Å². The second-order valence-electron chi connectivity index (χ2n) is 6.04. The van der Waals surface area contributed by atoms with E-state index < -0.39 is 9.99 Å². The van der Waals surface area contributed by atoms with Crippen LogP contribution in [0.3, 0.4) is 0 Å². The smallest absolute Gasteiger partial charge is 0.211 e. The number of halogens is 2. The van der Waals surface area contributed by atoms with Crippen LogP contribution in [-0.4, -0.2) is 27.0 Å². The Morgan fingerprint density at radius 1 is 0.952 bits per heavy atom. The van der Waals surface area contributed by atoms with Gasteiger partial charge in [0.05, 0.1) is 4.32 Å². The largest absolute Gasteiger partial charge is 0.237 e. The van der Waals surface area contributed by atoms with Crippen LogP contribution in [0.25, 0.3) is 0 Å². The first-order valence-electron chi connectivity index (χ1n) is 7.62. The minimum Gasteiger partial charge on any atom is -0.211 e. The zero-order valence-electron chi connectivity index (χ0n) is 12.0. The van der Waals surface area contributed by atoms with Crippen LogP contribution in [0.4, 0.5) is 0 Å². The van der Waals surface area contributed by atoms with Gasteiger partial charge in [0.1, 0.15) is 0 Å². The van der Waals surface area contributed by atoms with Crippen LogP contribution in [0.2, 0.25) is 0 Å². The van der Waals surface area contributed by atoms with Crippen molar-refractivity contribution in [3.8, 4) is 0 Å². The molecule has 0 aliphatic heterocycles. The summed E-state index contributed by atoms with van der Waals surface area (Å²) in [4.78, 5) is 30.6. The van der Waals surface area contributed by atoms with Gasteiger partial charge in [-0.1, -0.05) is 64.0 Å². The number of carbonyl (C=O) groups excluding carboxylic acids is 2. The van der Waals surface area contributed by atoms with E-state index in [1.54, 1.807) is 12.2 Å². The van der Waals surface area contributed by atoms with Gasteiger partial charge in [-0.05, 0) is 25.7 Å². The SMILES string of the molecule is O=C=NC(N=C=O)(C1CCCCC1)C1(Br)CCCCC1Br. The van der Waals surface area contributed by atoms with Gasteiger partial charge in [0, 0.05) is 10.7 Å². The highest BCUT2D eigenvalue weighted by Gasteiger charge is 2.59. The maximum atomic E-state index is 11.1. The Morgan fingerprint density at radius 2 is 1.52 bits per heavy atom. The number of aliphatic imine (C=N–C) groups is 2. The lowest BCUT2D eigenvalue weighted by Crippen LogP contribution is -2.58. The van der Waals surface area contributed by atoms with E-state index in [1.165, 1.54) is 6.42 Å². The molecule has 0 aromatic heterocycles. The Kier molecular flexibility index (Phi) is 5.96. The molecule has 0 aromatic carbocycles. The highest BCUT2D eigenvalue weighted by Crippen LogP contribution is 2.55. The fourth-order valence-electron chi connectivity index (χ4n) is 3.88. The minimum atomic E-state index is -1.08. The molecule has 0 heterocycles. The number of hydrogen-bond acceptors (Lipinski definition) is 4. The van der Waals surface area contributed by atoms with Crippen molar-refractivity contribution >= 4 is 44.0 Å². The fraction of sp³-hybridized carbons (Fsp3) is 0.867. The molecule has 0 spiro atoms. The second-order valence-corrected chi connectivity index (χ2v) is 8.56. The Balaban J connectivity index is 2.51. The number of alkyl halides is 2. The molecule has 2 aliphatic rings. The van der Waals surface area contributed by atoms with E-state index in [2.05, 4.69) is 41.8 Å². The summed E-state index contributed by atoms with van der Waals surface area (Å²) in [6.07, 6.45) is 12.6. The molecule has 2 aliphatic carbocycles. The summed E-state index contributed by atoms with van der Waals surface area (Å²) in [6, 6.07) is 0. The van der Waals surface area contributed by atoms with E-state index >= 15 is 0 Å². The lowest BCUT2D eigenvalue weighted by Gasteiger charge is -2.49. The topological polar surface area (TPSA) is 58.9 Å². The van der Waals surface area contributed by atoms with E-state index in [4.69, 9.17) is 0 Å². The van der Waals surface area contributed by atoms with Gasteiger partial charge in [0.15, 0.2) is 5.66 Å². The van der Waals surface area contributed by atoms with Crippen molar-refractivity contribution in [2.75, 3.05) is 0 Å². The molecule has 2 fully saturated rings. The van der Waals surface area contributed by atoms with Crippen LogP contribution in [-0.2, 0) is 9.59 Å². The first kappa shape index (κ1) is 17.1. The lowest BCUT2D eigenvalue weighted by molar-refractivity contribution is 0.147. The van der Waals surface area contributed by atoms with Crippen molar-refractivity contribution in [2.45, 2.75) is 72.6 Å². The molecule has 0 aromatic rings. The third-order valence-electron chi connectivity index (χ3n) is 4.96. The van der Waals surface area contributed by atoms with E-state index in [0.717, 1.165) is 51.4 Å². The molecule has 0 radical (unpaired) electrons. The van der Waals surface area contributed by atoms with Crippen LogP contribution in [0.5, 0.6) is 0 Å². The number of hydrogen-bond donors (Lipinski definition) is 0. The Bertz CT molecular complexity index is 448. The summed E-state index contributed by atoms with van der Waals surface area (Å²) in [5.41, 5.74) is -1.08. The normalized spacial score (nSPS) is 33.3.